The minimum atomic E-state index is -0.117. The highest BCUT2D eigenvalue weighted by Crippen LogP contribution is 2.25. The van der Waals surface area contributed by atoms with Gasteiger partial charge in [-0.15, -0.1) is 0 Å². The van der Waals surface area contributed by atoms with Gasteiger partial charge in [-0.3, -0.25) is 9.69 Å². The van der Waals surface area contributed by atoms with Gasteiger partial charge in [-0.25, -0.2) is 0 Å². The lowest BCUT2D eigenvalue weighted by Crippen LogP contribution is -2.38. The lowest BCUT2D eigenvalue weighted by molar-refractivity contribution is 0.0775. The molecule has 4 nitrogen and oxygen atoms in total. The van der Waals surface area contributed by atoms with E-state index in [0.717, 1.165) is 32.6 Å². The highest BCUT2D eigenvalue weighted by atomic mass is 35.5. The van der Waals surface area contributed by atoms with Crippen molar-refractivity contribution in [1.29, 1.82) is 0 Å². The molecule has 1 fully saturated rings. The fourth-order valence-corrected chi connectivity index (χ4v) is 2.99. The Bertz CT molecular complexity index is 489. The minimum Gasteiger partial charge on any atom is -0.507 e. The smallest absolute Gasteiger partial charge is 0.257 e. The van der Waals surface area contributed by atoms with Crippen molar-refractivity contribution in [3.8, 4) is 5.75 Å². The van der Waals surface area contributed by atoms with E-state index in [9.17, 15) is 9.90 Å². The fourth-order valence-electron chi connectivity index (χ4n) is 2.82. The van der Waals surface area contributed by atoms with E-state index in [-0.39, 0.29) is 11.7 Å². The molecule has 110 valence electrons. The molecule has 1 aromatic rings. The number of nitrogens with zero attached hydrogens (tertiary/aromatic N) is 2. The second-order valence-corrected chi connectivity index (χ2v) is 5.51. The number of aromatic hydroxyl groups is 1. The molecule has 1 aliphatic heterocycles. The Labute approximate surface area is 124 Å². The monoisotopic (exact) mass is 296 g/mol. The number of phenols is 1. The molecule has 1 aliphatic rings. The number of rotatable bonds is 4. The lowest BCUT2D eigenvalue weighted by Gasteiger charge is -2.26. The zero-order valence-corrected chi connectivity index (χ0v) is 12.7. The van der Waals surface area contributed by atoms with E-state index in [4.69, 9.17) is 11.6 Å². The maximum absolute atomic E-state index is 12.4. The second kappa shape index (κ2) is 6.46. The molecule has 1 heterocycles. The molecule has 1 atom stereocenters. The quantitative estimate of drug-likeness (QED) is 0.929. The third-order valence-electron chi connectivity index (χ3n) is 3.97. The number of halogens is 1. The first-order valence-corrected chi connectivity index (χ1v) is 7.46. The van der Waals surface area contributed by atoms with Crippen molar-refractivity contribution in [2.24, 2.45) is 0 Å². The average molecular weight is 297 g/mol. The normalized spacial score (nSPS) is 18.8. The molecule has 0 radical (unpaired) electrons. The van der Waals surface area contributed by atoms with Crippen LogP contribution in [0.4, 0.5) is 0 Å². The van der Waals surface area contributed by atoms with E-state index in [1.165, 1.54) is 6.07 Å². The van der Waals surface area contributed by atoms with Gasteiger partial charge < -0.3 is 10.0 Å². The Morgan fingerprint density at radius 2 is 2.15 bits per heavy atom. The summed E-state index contributed by atoms with van der Waals surface area (Å²) in [7, 11) is 0. The summed E-state index contributed by atoms with van der Waals surface area (Å²) in [6.45, 7) is 7.73. The largest absolute Gasteiger partial charge is 0.507 e. The molecule has 1 aromatic carbocycles. The standard InChI is InChI=1S/C15H21ClN2O2/c1-3-17(4-2)12-7-8-18(10-12)15(20)13-6-5-11(16)9-14(13)19/h5-6,9,12,19H,3-4,7-8,10H2,1-2H3. The number of carbonyl (C=O) groups excluding carboxylic acids is 1. The summed E-state index contributed by atoms with van der Waals surface area (Å²) in [5.74, 6) is -0.164. The van der Waals surface area contributed by atoms with Gasteiger partial charge in [-0.2, -0.15) is 0 Å². The number of likely N-dealkylation sites (N-methyl/N-ethyl adjacent to an activating group) is 1. The van der Waals surface area contributed by atoms with Gasteiger partial charge in [0.15, 0.2) is 0 Å². The van der Waals surface area contributed by atoms with Crippen LogP contribution >= 0.6 is 11.6 Å². The van der Waals surface area contributed by atoms with Gasteiger partial charge >= 0.3 is 0 Å². The third kappa shape index (κ3) is 3.07. The number of amides is 1. The number of hydrogen-bond acceptors (Lipinski definition) is 3. The fraction of sp³-hybridized carbons (Fsp3) is 0.533. The topological polar surface area (TPSA) is 43.8 Å². The van der Waals surface area contributed by atoms with E-state index in [1.807, 2.05) is 4.90 Å². The van der Waals surface area contributed by atoms with Crippen LogP contribution in [0.5, 0.6) is 5.75 Å². The van der Waals surface area contributed by atoms with Crippen LogP contribution in [0.2, 0.25) is 5.02 Å². The van der Waals surface area contributed by atoms with Crippen molar-refractivity contribution in [2.75, 3.05) is 26.2 Å². The second-order valence-electron chi connectivity index (χ2n) is 5.08. The number of benzene rings is 1. The van der Waals surface area contributed by atoms with Gasteiger partial charge in [0.25, 0.3) is 5.91 Å². The molecule has 1 amide bonds. The summed E-state index contributed by atoms with van der Waals surface area (Å²) < 4.78 is 0. The van der Waals surface area contributed by atoms with Crippen LogP contribution in [0.1, 0.15) is 30.6 Å². The number of carbonyl (C=O) groups is 1. The zero-order chi connectivity index (χ0) is 14.7. The molecule has 5 heteroatoms. The van der Waals surface area contributed by atoms with Gasteiger partial charge in [0, 0.05) is 24.2 Å². The molecule has 0 spiro atoms. The van der Waals surface area contributed by atoms with Crippen molar-refractivity contribution in [3.05, 3.63) is 28.8 Å². The number of phenolic OH excluding ortho intramolecular Hbond substituents is 1. The van der Waals surface area contributed by atoms with E-state index in [1.54, 1.807) is 12.1 Å². The molecule has 0 bridgehead atoms. The molecule has 20 heavy (non-hydrogen) atoms. The van der Waals surface area contributed by atoms with Crippen LogP contribution < -0.4 is 0 Å². The van der Waals surface area contributed by atoms with Crippen LogP contribution in [0.15, 0.2) is 18.2 Å². The molecule has 0 saturated carbocycles. The van der Waals surface area contributed by atoms with Crippen LogP contribution in [0, 0.1) is 0 Å². The van der Waals surface area contributed by atoms with Crippen LogP contribution in [-0.2, 0) is 0 Å². The highest BCUT2D eigenvalue weighted by Gasteiger charge is 2.30. The predicted molar refractivity (Wildman–Crippen MR) is 80.3 cm³/mol. The lowest BCUT2D eigenvalue weighted by atomic mass is 10.2. The van der Waals surface area contributed by atoms with Crippen molar-refractivity contribution in [1.82, 2.24) is 9.80 Å². The summed E-state index contributed by atoms with van der Waals surface area (Å²) >= 11 is 5.79. The minimum absolute atomic E-state index is 0.0474. The molecule has 1 N–H and O–H groups in total. The molecular formula is C15H21ClN2O2. The summed E-state index contributed by atoms with van der Waals surface area (Å²) in [6.07, 6.45) is 0.988. The molecule has 0 aliphatic carbocycles. The van der Waals surface area contributed by atoms with Crippen LogP contribution in [0.3, 0.4) is 0 Å². The molecule has 1 saturated heterocycles. The van der Waals surface area contributed by atoms with Crippen molar-refractivity contribution in [2.45, 2.75) is 26.3 Å². The van der Waals surface area contributed by atoms with Gasteiger partial charge in [0.05, 0.1) is 5.56 Å². The number of likely N-dealkylation sites (tertiary alicyclic amines) is 1. The summed E-state index contributed by atoms with van der Waals surface area (Å²) in [4.78, 5) is 16.6. The summed E-state index contributed by atoms with van der Waals surface area (Å²) in [5, 5.41) is 10.3. The Kier molecular flexibility index (Phi) is 4.89. The first kappa shape index (κ1) is 15.1. The van der Waals surface area contributed by atoms with Gasteiger partial charge in [0.1, 0.15) is 5.75 Å². The highest BCUT2D eigenvalue weighted by molar-refractivity contribution is 6.30. The van der Waals surface area contributed by atoms with E-state index < -0.39 is 0 Å². The first-order valence-electron chi connectivity index (χ1n) is 7.08. The predicted octanol–water partition coefficient (Wildman–Crippen LogP) is 2.60. The Morgan fingerprint density at radius 1 is 1.45 bits per heavy atom. The van der Waals surface area contributed by atoms with Crippen molar-refractivity contribution < 1.29 is 9.90 Å². The van der Waals surface area contributed by atoms with Crippen molar-refractivity contribution >= 4 is 17.5 Å². The van der Waals surface area contributed by atoms with Crippen LogP contribution in [0.25, 0.3) is 0 Å². The molecule has 2 rings (SSSR count). The molecule has 0 aromatic heterocycles. The van der Waals surface area contributed by atoms with Crippen LogP contribution in [-0.4, -0.2) is 53.0 Å². The maximum atomic E-state index is 12.4. The van der Waals surface area contributed by atoms with Gasteiger partial charge in [0.2, 0.25) is 0 Å². The Morgan fingerprint density at radius 3 is 2.75 bits per heavy atom. The molecule has 1 unspecified atom stereocenters. The maximum Gasteiger partial charge on any atom is 0.257 e. The van der Waals surface area contributed by atoms with E-state index in [2.05, 4.69) is 18.7 Å². The SMILES string of the molecule is CCN(CC)C1CCN(C(=O)c2ccc(Cl)cc2O)C1. The zero-order valence-electron chi connectivity index (χ0n) is 12.0. The van der Waals surface area contributed by atoms with E-state index in [0.29, 0.717) is 16.6 Å². The van der Waals surface area contributed by atoms with Gasteiger partial charge in [-0.1, -0.05) is 25.4 Å². The third-order valence-corrected chi connectivity index (χ3v) is 4.20. The van der Waals surface area contributed by atoms with Gasteiger partial charge in [-0.05, 0) is 37.7 Å². The summed E-state index contributed by atoms with van der Waals surface area (Å²) in [5.41, 5.74) is 0.328. The summed E-state index contributed by atoms with van der Waals surface area (Å²) in [6, 6.07) is 5.05. The first-order chi connectivity index (χ1) is 9.56. The Balaban J connectivity index is 2.08. The molecular weight excluding hydrogens is 276 g/mol. The Hall–Kier alpha value is -1.26. The van der Waals surface area contributed by atoms with E-state index >= 15 is 0 Å². The van der Waals surface area contributed by atoms with Crippen molar-refractivity contribution in [3.63, 3.8) is 0 Å². The number of hydrogen-bond donors (Lipinski definition) is 1. The average Bonchev–Trinajstić information content (AvgIpc) is 2.89.